The molecule has 0 saturated heterocycles. The van der Waals surface area contributed by atoms with Gasteiger partial charge in [-0.05, 0) is 12.2 Å². The number of nitrogens with zero attached hydrogens (tertiary/aromatic N) is 1. The van der Waals surface area contributed by atoms with Gasteiger partial charge in [0.05, 0.1) is 7.11 Å². The van der Waals surface area contributed by atoms with E-state index >= 15 is 0 Å². The first-order valence-electron chi connectivity index (χ1n) is 2.98. The number of methoxy groups -OCH3 is 1. The second kappa shape index (κ2) is 3.55. The molecule has 1 rings (SSSR count). The first-order chi connectivity index (χ1) is 5.34. The Morgan fingerprint density at radius 1 is 1.73 bits per heavy atom. The third kappa shape index (κ3) is 1.93. The molecule has 58 valence electrons. The maximum Gasteiger partial charge on any atom is 0.374 e. The first kappa shape index (κ1) is 7.53. The van der Waals surface area contributed by atoms with Crippen molar-refractivity contribution >= 4 is 12.4 Å². The van der Waals surface area contributed by atoms with E-state index in [2.05, 4.69) is 9.73 Å². The lowest BCUT2D eigenvalue weighted by Crippen LogP contribution is -2.06. The lowest BCUT2D eigenvalue weighted by Gasteiger charge is -1.99. The van der Waals surface area contributed by atoms with Gasteiger partial charge in [0.15, 0.2) is 6.40 Å². The van der Waals surface area contributed by atoms with Crippen LogP contribution in [0.15, 0.2) is 29.1 Å². The van der Waals surface area contributed by atoms with E-state index in [1.165, 1.54) is 25.8 Å². The van der Waals surface area contributed by atoms with E-state index < -0.39 is 5.97 Å². The second-order valence-corrected chi connectivity index (χ2v) is 1.74. The molecule has 0 atom stereocenters. The number of carbonyl (C=O) groups is 1. The minimum absolute atomic E-state index is 0.130. The van der Waals surface area contributed by atoms with E-state index in [-0.39, 0.29) is 5.76 Å². The summed E-state index contributed by atoms with van der Waals surface area (Å²) < 4.78 is 9.21. The third-order valence-corrected chi connectivity index (χ3v) is 1.05. The van der Waals surface area contributed by atoms with Crippen molar-refractivity contribution in [2.45, 2.75) is 0 Å². The zero-order valence-corrected chi connectivity index (χ0v) is 5.98. The van der Waals surface area contributed by atoms with Crippen molar-refractivity contribution in [1.82, 2.24) is 0 Å². The molecule has 0 aromatic carbocycles. The Morgan fingerprint density at radius 2 is 2.55 bits per heavy atom. The average molecular weight is 153 g/mol. The van der Waals surface area contributed by atoms with Gasteiger partial charge in [-0.1, -0.05) is 0 Å². The van der Waals surface area contributed by atoms with Crippen LogP contribution < -0.4 is 0 Å². The third-order valence-electron chi connectivity index (χ3n) is 1.05. The molecule has 0 saturated carbocycles. The van der Waals surface area contributed by atoms with E-state index in [1.807, 2.05) is 0 Å². The summed E-state index contributed by atoms with van der Waals surface area (Å²) in [5, 5.41) is 0. The van der Waals surface area contributed by atoms with Gasteiger partial charge < -0.3 is 9.47 Å². The van der Waals surface area contributed by atoms with Crippen LogP contribution in [0.25, 0.3) is 0 Å². The minimum Gasteiger partial charge on any atom is -0.463 e. The van der Waals surface area contributed by atoms with E-state index in [0.29, 0.717) is 0 Å². The van der Waals surface area contributed by atoms with Gasteiger partial charge >= 0.3 is 5.97 Å². The van der Waals surface area contributed by atoms with Crippen LogP contribution in [0.2, 0.25) is 0 Å². The van der Waals surface area contributed by atoms with Gasteiger partial charge in [0.1, 0.15) is 0 Å². The van der Waals surface area contributed by atoms with Crippen LogP contribution in [-0.2, 0) is 14.3 Å². The summed E-state index contributed by atoms with van der Waals surface area (Å²) in [6.45, 7) is 0. The summed E-state index contributed by atoms with van der Waals surface area (Å²) in [4.78, 5) is 14.5. The summed E-state index contributed by atoms with van der Waals surface area (Å²) in [5.74, 6) is -0.381. The molecule has 1 aliphatic rings. The quantitative estimate of drug-likeness (QED) is 0.518. The Bertz CT molecular complexity index is 240. The standard InChI is InChI=1S/C7H7NO3/c1-10-7(9)6-3-2-4-8-5-11-6/h2-5H,1H3. The number of esters is 1. The molecule has 0 unspecified atom stereocenters. The van der Waals surface area contributed by atoms with Gasteiger partial charge in [0.25, 0.3) is 0 Å². The smallest absolute Gasteiger partial charge is 0.374 e. The number of rotatable bonds is 1. The second-order valence-electron chi connectivity index (χ2n) is 1.74. The summed E-state index contributed by atoms with van der Waals surface area (Å²) >= 11 is 0. The van der Waals surface area contributed by atoms with Crippen LogP contribution in [0.3, 0.4) is 0 Å². The monoisotopic (exact) mass is 153 g/mol. The molecule has 0 bridgehead atoms. The van der Waals surface area contributed by atoms with Crippen molar-refractivity contribution in [3.05, 3.63) is 24.1 Å². The predicted molar refractivity (Wildman–Crippen MR) is 38.8 cm³/mol. The summed E-state index contributed by atoms with van der Waals surface area (Å²) in [5.41, 5.74) is 0. The van der Waals surface area contributed by atoms with Crippen LogP contribution in [0.5, 0.6) is 0 Å². The van der Waals surface area contributed by atoms with Crippen molar-refractivity contribution in [3.63, 3.8) is 0 Å². The molecule has 11 heavy (non-hydrogen) atoms. The van der Waals surface area contributed by atoms with E-state index in [9.17, 15) is 4.79 Å². The Balaban J connectivity index is 2.72. The molecule has 0 fully saturated rings. The van der Waals surface area contributed by atoms with E-state index in [0.717, 1.165) is 0 Å². The molecule has 4 heteroatoms. The SMILES string of the molecule is COC(=O)C1=CC=CN=CO1. The number of hydrogen-bond donors (Lipinski definition) is 0. The molecule has 0 aliphatic carbocycles. The van der Waals surface area contributed by atoms with Crippen molar-refractivity contribution in [1.29, 1.82) is 0 Å². The van der Waals surface area contributed by atoms with Crippen molar-refractivity contribution in [2.24, 2.45) is 4.99 Å². The molecule has 1 heterocycles. The van der Waals surface area contributed by atoms with Crippen LogP contribution >= 0.6 is 0 Å². The molecule has 0 aromatic rings. The lowest BCUT2D eigenvalue weighted by molar-refractivity contribution is -0.138. The van der Waals surface area contributed by atoms with Gasteiger partial charge in [0.2, 0.25) is 5.76 Å². The average Bonchev–Trinajstić information content (AvgIpc) is 2.30. The summed E-state index contributed by atoms with van der Waals surface area (Å²) in [7, 11) is 1.29. The Labute approximate surface area is 63.8 Å². The number of carbonyl (C=O) groups excluding carboxylic acids is 1. The highest BCUT2D eigenvalue weighted by molar-refractivity contribution is 5.88. The number of ether oxygens (including phenoxy) is 2. The molecular formula is C7H7NO3. The molecule has 4 nitrogen and oxygen atoms in total. The maximum absolute atomic E-state index is 10.8. The van der Waals surface area contributed by atoms with Crippen molar-refractivity contribution in [3.8, 4) is 0 Å². The van der Waals surface area contributed by atoms with Crippen molar-refractivity contribution in [2.75, 3.05) is 7.11 Å². The Morgan fingerprint density at radius 3 is 3.27 bits per heavy atom. The predicted octanol–water partition coefficient (Wildman–Crippen LogP) is 0.615. The Hall–Kier alpha value is -1.58. The van der Waals surface area contributed by atoms with Gasteiger partial charge in [-0.3, -0.25) is 0 Å². The molecule has 0 N–H and O–H groups in total. The van der Waals surface area contributed by atoms with Crippen molar-refractivity contribution < 1.29 is 14.3 Å². The van der Waals surface area contributed by atoms with Gasteiger partial charge in [-0.2, -0.15) is 0 Å². The molecule has 0 aromatic heterocycles. The fraction of sp³-hybridized carbons (Fsp3) is 0.143. The zero-order chi connectivity index (χ0) is 8.10. The van der Waals surface area contributed by atoms with E-state index in [1.54, 1.807) is 6.08 Å². The van der Waals surface area contributed by atoms with E-state index in [4.69, 9.17) is 4.74 Å². The molecule has 0 amide bonds. The normalized spacial score (nSPS) is 14.8. The van der Waals surface area contributed by atoms with Gasteiger partial charge in [-0.15, -0.1) is 0 Å². The van der Waals surface area contributed by atoms with Gasteiger partial charge in [0, 0.05) is 6.20 Å². The zero-order valence-electron chi connectivity index (χ0n) is 5.98. The number of allylic oxidation sites excluding steroid dienone is 2. The highest BCUT2D eigenvalue weighted by atomic mass is 16.6. The fourth-order valence-corrected chi connectivity index (χ4v) is 0.558. The number of aliphatic imine (C=N–C) groups is 1. The summed E-state index contributed by atoms with van der Waals surface area (Å²) in [6, 6.07) is 0. The highest BCUT2D eigenvalue weighted by Crippen LogP contribution is 2.01. The molecule has 0 radical (unpaired) electrons. The minimum atomic E-state index is -0.511. The molecular weight excluding hydrogens is 146 g/mol. The fourth-order valence-electron chi connectivity index (χ4n) is 0.558. The largest absolute Gasteiger partial charge is 0.463 e. The van der Waals surface area contributed by atoms with Crippen LogP contribution in [0, 0.1) is 0 Å². The Kier molecular flexibility index (Phi) is 2.43. The number of hydrogen-bond acceptors (Lipinski definition) is 4. The lowest BCUT2D eigenvalue weighted by atomic mass is 10.4. The van der Waals surface area contributed by atoms with Crippen LogP contribution in [0.1, 0.15) is 0 Å². The molecule has 0 spiro atoms. The highest BCUT2D eigenvalue weighted by Gasteiger charge is 2.09. The van der Waals surface area contributed by atoms with Crippen LogP contribution in [-0.4, -0.2) is 19.5 Å². The topological polar surface area (TPSA) is 47.9 Å². The van der Waals surface area contributed by atoms with Crippen LogP contribution in [0.4, 0.5) is 0 Å². The first-order valence-corrected chi connectivity index (χ1v) is 2.98. The molecule has 1 aliphatic heterocycles. The summed E-state index contributed by atoms with van der Waals surface area (Å²) in [6.07, 6.45) is 5.76. The maximum atomic E-state index is 10.8. The van der Waals surface area contributed by atoms with Gasteiger partial charge in [-0.25, -0.2) is 9.79 Å².